The minimum Gasteiger partial charge on any atom is -0.491 e. The van der Waals surface area contributed by atoms with Crippen LogP contribution in [0.2, 0.25) is 0 Å². The highest BCUT2D eigenvalue weighted by molar-refractivity contribution is 5.89. The van der Waals surface area contributed by atoms with Crippen LogP contribution in [-0.4, -0.2) is 44.0 Å². The molecule has 1 unspecified atom stereocenters. The first-order chi connectivity index (χ1) is 11.6. The Morgan fingerprint density at radius 2 is 1.79 bits per heavy atom. The Labute approximate surface area is 142 Å². The van der Waals surface area contributed by atoms with Gasteiger partial charge in [-0.25, -0.2) is 4.79 Å². The van der Waals surface area contributed by atoms with E-state index in [1.54, 1.807) is 31.2 Å². The lowest BCUT2D eigenvalue weighted by molar-refractivity contribution is 0.0526. The fourth-order valence-corrected chi connectivity index (χ4v) is 2.25. The SMILES string of the molecule is CCOC(=O)c1ccc(OCC(O)CN(C)c2ccccc2)cc1. The van der Waals surface area contributed by atoms with E-state index in [1.807, 2.05) is 42.3 Å². The van der Waals surface area contributed by atoms with Gasteiger partial charge in [-0.1, -0.05) is 18.2 Å². The number of carbonyl (C=O) groups is 1. The maximum absolute atomic E-state index is 11.6. The van der Waals surface area contributed by atoms with Gasteiger partial charge in [-0.2, -0.15) is 0 Å². The molecule has 0 amide bonds. The molecule has 1 N–H and O–H groups in total. The molecule has 2 rings (SSSR count). The third-order valence-corrected chi connectivity index (χ3v) is 3.49. The molecule has 0 heterocycles. The monoisotopic (exact) mass is 329 g/mol. The predicted octanol–water partition coefficient (Wildman–Crippen LogP) is 2.74. The van der Waals surface area contributed by atoms with Crippen molar-refractivity contribution < 1.29 is 19.4 Å². The summed E-state index contributed by atoms with van der Waals surface area (Å²) in [7, 11) is 1.92. The molecule has 2 aromatic carbocycles. The minimum atomic E-state index is -0.625. The fourth-order valence-electron chi connectivity index (χ4n) is 2.25. The summed E-state index contributed by atoms with van der Waals surface area (Å²) in [4.78, 5) is 13.5. The quantitative estimate of drug-likeness (QED) is 0.755. The highest BCUT2D eigenvalue weighted by Gasteiger charge is 2.11. The molecule has 0 saturated heterocycles. The third-order valence-electron chi connectivity index (χ3n) is 3.49. The first-order valence-corrected chi connectivity index (χ1v) is 7.94. The van der Waals surface area contributed by atoms with E-state index in [0.29, 0.717) is 24.5 Å². The van der Waals surface area contributed by atoms with E-state index < -0.39 is 6.10 Å². The number of aliphatic hydroxyl groups is 1. The molecule has 2 aromatic rings. The van der Waals surface area contributed by atoms with Crippen molar-refractivity contribution in [3.05, 3.63) is 60.2 Å². The molecule has 0 aliphatic rings. The second kappa shape index (κ2) is 8.93. The van der Waals surface area contributed by atoms with Gasteiger partial charge in [0.1, 0.15) is 18.5 Å². The van der Waals surface area contributed by atoms with Crippen LogP contribution in [-0.2, 0) is 4.74 Å². The maximum Gasteiger partial charge on any atom is 0.338 e. The van der Waals surface area contributed by atoms with E-state index in [-0.39, 0.29) is 12.6 Å². The number of hydrogen-bond donors (Lipinski definition) is 1. The molecule has 0 radical (unpaired) electrons. The molecule has 128 valence electrons. The highest BCUT2D eigenvalue weighted by Crippen LogP contribution is 2.14. The Balaban J connectivity index is 1.81. The lowest BCUT2D eigenvalue weighted by atomic mass is 10.2. The van der Waals surface area contributed by atoms with Gasteiger partial charge >= 0.3 is 5.97 Å². The number of esters is 1. The zero-order valence-electron chi connectivity index (χ0n) is 14.0. The molecule has 5 heteroatoms. The van der Waals surface area contributed by atoms with Crippen molar-refractivity contribution in [2.75, 3.05) is 31.7 Å². The number of ether oxygens (including phenoxy) is 2. The molecular weight excluding hydrogens is 306 g/mol. The molecule has 0 saturated carbocycles. The van der Waals surface area contributed by atoms with E-state index in [9.17, 15) is 9.90 Å². The molecule has 24 heavy (non-hydrogen) atoms. The van der Waals surface area contributed by atoms with E-state index in [2.05, 4.69) is 0 Å². The zero-order chi connectivity index (χ0) is 17.4. The summed E-state index contributed by atoms with van der Waals surface area (Å²) < 4.78 is 10.5. The van der Waals surface area contributed by atoms with Gasteiger partial charge in [-0.05, 0) is 43.3 Å². The van der Waals surface area contributed by atoms with Crippen LogP contribution in [0.25, 0.3) is 0 Å². The predicted molar refractivity (Wildman–Crippen MR) is 93.6 cm³/mol. The summed E-state index contributed by atoms with van der Waals surface area (Å²) >= 11 is 0. The topological polar surface area (TPSA) is 59.0 Å². The lowest BCUT2D eigenvalue weighted by Crippen LogP contribution is -2.33. The maximum atomic E-state index is 11.6. The average molecular weight is 329 g/mol. The number of likely N-dealkylation sites (N-methyl/N-ethyl adjacent to an activating group) is 1. The first-order valence-electron chi connectivity index (χ1n) is 7.94. The highest BCUT2D eigenvalue weighted by atomic mass is 16.5. The number of aliphatic hydroxyl groups excluding tert-OH is 1. The largest absolute Gasteiger partial charge is 0.491 e. The van der Waals surface area contributed by atoms with Crippen molar-refractivity contribution >= 4 is 11.7 Å². The van der Waals surface area contributed by atoms with Crippen molar-refractivity contribution in [2.24, 2.45) is 0 Å². The van der Waals surface area contributed by atoms with Crippen molar-refractivity contribution in [1.82, 2.24) is 0 Å². The Morgan fingerprint density at radius 3 is 2.42 bits per heavy atom. The number of nitrogens with zero attached hydrogens (tertiary/aromatic N) is 1. The fraction of sp³-hybridized carbons (Fsp3) is 0.316. The van der Waals surface area contributed by atoms with E-state index in [0.717, 1.165) is 5.69 Å². The molecule has 0 fully saturated rings. The van der Waals surface area contributed by atoms with Crippen LogP contribution < -0.4 is 9.64 Å². The average Bonchev–Trinajstić information content (AvgIpc) is 2.61. The number of para-hydroxylation sites is 1. The Kier molecular flexibility index (Phi) is 6.63. The van der Waals surface area contributed by atoms with Crippen LogP contribution in [0.4, 0.5) is 5.69 Å². The standard InChI is InChI=1S/C19H23NO4/c1-3-23-19(22)15-9-11-18(12-10-15)24-14-17(21)13-20(2)16-7-5-4-6-8-16/h4-12,17,21H,3,13-14H2,1-2H3. The number of benzene rings is 2. The molecule has 0 spiro atoms. The Hall–Kier alpha value is -2.53. The second-order valence-electron chi connectivity index (χ2n) is 5.43. The summed E-state index contributed by atoms with van der Waals surface area (Å²) in [5.41, 5.74) is 1.52. The first kappa shape index (κ1) is 17.8. The number of hydrogen-bond acceptors (Lipinski definition) is 5. The van der Waals surface area contributed by atoms with Crippen LogP contribution in [0.5, 0.6) is 5.75 Å². The van der Waals surface area contributed by atoms with Crippen molar-refractivity contribution in [2.45, 2.75) is 13.0 Å². The van der Waals surface area contributed by atoms with Gasteiger partial charge < -0.3 is 19.5 Å². The van der Waals surface area contributed by atoms with E-state index in [4.69, 9.17) is 9.47 Å². The van der Waals surface area contributed by atoms with Crippen LogP contribution in [0, 0.1) is 0 Å². The zero-order valence-corrected chi connectivity index (χ0v) is 14.0. The van der Waals surface area contributed by atoms with Gasteiger partial charge in [0, 0.05) is 19.3 Å². The minimum absolute atomic E-state index is 0.177. The number of carbonyl (C=O) groups excluding carboxylic acids is 1. The summed E-state index contributed by atoms with van der Waals surface area (Å²) in [6, 6.07) is 16.5. The van der Waals surface area contributed by atoms with Gasteiger partial charge in [0.15, 0.2) is 0 Å². The van der Waals surface area contributed by atoms with Crippen LogP contribution in [0.1, 0.15) is 17.3 Å². The van der Waals surface area contributed by atoms with Crippen LogP contribution in [0.15, 0.2) is 54.6 Å². The molecule has 0 aromatic heterocycles. The smallest absolute Gasteiger partial charge is 0.338 e. The molecule has 0 aliphatic carbocycles. The summed E-state index contributed by atoms with van der Waals surface area (Å²) in [6.07, 6.45) is -0.625. The van der Waals surface area contributed by atoms with Crippen LogP contribution >= 0.6 is 0 Å². The van der Waals surface area contributed by atoms with E-state index >= 15 is 0 Å². The van der Waals surface area contributed by atoms with Gasteiger partial charge in [0.25, 0.3) is 0 Å². The van der Waals surface area contributed by atoms with Gasteiger partial charge in [0.2, 0.25) is 0 Å². The Bertz CT molecular complexity index is 628. The molecule has 5 nitrogen and oxygen atoms in total. The van der Waals surface area contributed by atoms with Crippen molar-refractivity contribution in [1.29, 1.82) is 0 Å². The molecular formula is C19H23NO4. The van der Waals surface area contributed by atoms with Crippen LogP contribution in [0.3, 0.4) is 0 Å². The molecule has 1 atom stereocenters. The Morgan fingerprint density at radius 1 is 1.12 bits per heavy atom. The van der Waals surface area contributed by atoms with Crippen molar-refractivity contribution in [3.63, 3.8) is 0 Å². The normalized spacial score (nSPS) is 11.6. The third kappa shape index (κ3) is 5.28. The van der Waals surface area contributed by atoms with Crippen molar-refractivity contribution in [3.8, 4) is 5.75 Å². The summed E-state index contributed by atoms with van der Waals surface area (Å²) in [5.74, 6) is 0.248. The number of anilines is 1. The number of rotatable bonds is 8. The summed E-state index contributed by atoms with van der Waals surface area (Å²) in [5, 5.41) is 10.1. The van der Waals surface area contributed by atoms with Gasteiger partial charge in [0.05, 0.1) is 12.2 Å². The van der Waals surface area contributed by atoms with E-state index in [1.165, 1.54) is 0 Å². The summed E-state index contributed by atoms with van der Waals surface area (Å²) in [6.45, 7) is 2.75. The molecule has 0 aliphatic heterocycles. The molecule has 0 bridgehead atoms. The van der Waals surface area contributed by atoms with Gasteiger partial charge in [-0.3, -0.25) is 0 Å². The lowest BCUT2D eigenvalue weighted by Gasteiger charge is -2.22. The second-order valence-corrected chi connectivity index (χ2v) is 5.43. The van der Waals surface area contributed by atoms with Gasteiger partial charge in [-0.15, -0.1) is 0 Å².